The van der Waals surface area contributed by atoms with Gasteiger partial charge in [0.15, 0.2) is 17.3 Å². The Morgan fingerprint density at radius 2 is 1.76 bits per heavy atom. The predicted molar refractivity (Wildman–Crippen MR) is 77.9 cm³/mol. The largest absolute Gasteiger partial charge is 0.507 e. The molecule has 108 valence electrons. The van der Waals surface area contributed by atoms with E-state index in [1.54, 1.807) is 6.92 Å². The van der Waals surface area contributed by atoms with Crippen molar-refractivity contribution in [3.8, 4) is 23.0 Å². The molecule has 5 N–H and O–H groups in total. The van der Waals surface area contributed by atoms with Crippen molar-refractivity contribution in [3.63, 3.8) is 0 Å². The number of hydrogen-bond donors (Lipinski definition) is 4. The lowest BCUT2D eigenvalue weighted by Gasteiger charge is -2.22. The molecule has 1 aliphatic carbocycles. The summed E-state index contributed by atoms with van der Waals surface area (Å²) < 4.78 is 5.23. The lowest BCUT2D eigenvalue weighted by atomic mass is 9.85. The van der Waals surface area contributed by atoms with Crippen molar-refractivity contribution in [1.29, 1.82) is 0 Å². The van der Waals surface area contributed by atoms with Gasteiger partial charge in [0.25, 0.3) is 0 Å². The van der Waals surface area contributed by atoms with Gasteiger partial charge >= 0.3 is 0 Å². The maximum Gasteiger partial charge on any atom is 0.190 e. The van der Waals surface area contributed by atoms with Crippen LogP contribution in [0.5, 0.6) is 23.0 Å². The Kier molecular flexibility index (Phi) is 2.53. The van der Waals surface area contributed by atoms with Crippen LogP contribution in [0.3, 0.4) is 0 Å². The average molecular weight is 287 g/mol. The van der Waals surface area contributed by atoms with Crippen molar-refractivity contribution in [2.45, 2.75) is 6.92 Å². The summed E-state index contributed by atoms with van der Waals surface area (Å²) in [6, 6.07) is 1.36. The van der Waals surface area contributed by atoms with Gasteiger partial charge in [-0.05, 0) is 18.6 Å². The van der Waals surface area contributed by atoms with Gasteiger partial charge in [-0.3, -0.25) is 4.79 Å². The van der Waals surface area contributed by atoms with Crippen molar-refractivity contribution in [3.05, 3.63) is 23.3 Å². The molecule has 21 heavy (non-hydrogen) atoms. The van der Waals surface area contributed by atoms with Gasteiger partial charge in [-0.1, -0.05) is 0 Å². The van der Waals surface area contributed by atoms with Crippen LogP contribution in [0.25, 0.3) is 16.3 Å². The second-order valence-electron chi connectivity index (χ2n) is 4.90. The van der Waals surface area contributed by atoms with Crippen LogP contribution in [0.1, 0.15) is 22.8 Å². The molecule has 2 aromatic carbocycles. The first-order valence-electron chi connectivity index (χ1n) is 6.18. The van der Waals surface area contributed by atoms with Crippen LogP contribution < -0.4 is 10.5 Å². The number of benzene rings is 2. The smallest absolute Gasteiger partial charge is 0.190 e. The molecule has 1 aliphatic rings. The zero-order valence-corrected chi connectivity index (χ0v) is 11.4. The Balaban J connectivity index is 2.69. The summed E-state index contributed by atoms with van der Waals surface area (Å²) in [4.78, 5) is 12.2. The number of anilines is 1. The zero-order chi connectivity index (χ0) is 15.5. The van der Waals surface area contributed by atoms with E-state index < -0.39 is 17.3 Å². The zero-order valence-electron chi connectivity index (χ0n) is 11.4. The quantitative estimate of drug-likeness (QED) is 0.472. The molecule has 0 fully saturated rings. The van der Waals surface area contributed by atoms with Crippen LogP contribution in [-0.2, 0) is 0 Å². The van der Waals surface area contributed by atoms with E-state index in [1.165, 1.54) is 19.3 Å². The monoisotopic (exact) mass is 287 g/mol. The molecule has 0 atom stereocenters. The first-order valence-corrected chi connectivity index (χ1v) is 6.18. The normalized spacial score (nSPS) is 13.4. The highest BCUT2D eigenvalue weighted by molar-refractivity contribution is 6.27. The number of phenolic OH excluding ortho intramolecular Hbond substituents is 3. The number of aromatic hydroxyl groups is 3. The minimum Gasteiger partial charge on any atom is -0.507 e. The van der Waals surface area contributed by atoms with E-state index >= 15 is 0 Å². The Labute approximate surface area is 119 Å². The number of carbonyl (C=O) groups excluding carboxylic acids is 1. The summed E-state index contributed by atoms with van der Waals surface area (Å²) in [5.41, 5.74) is 6.68. The number of ether oxygens (including phenoxy) is 1. The van der Waals surface area contributed by atoms with Gasteiger partial charge in [-0.25, -0.2) is 0 Å². The average Bonchev–Trinajstić information content (AvgIpc) is 2.43. The third kappa shape index (κ3) is 1.50. The summed E-state index contributed by atoms with van der Waals surface area (Å²) in [7, 11) is 1.43. The fourth-order valence-electron chi connectivity index (χ4n) is 2.78. The Morgan fingerprint density at radius 3 is 2.38 bits per heavy atom. The number of rotatable bonds is 1. The maximum absolute atomic E-state index is 12.2. The topological polar surface area (TPSA) is 113 Å². The standard InChI is InChI=1S/C15H13NO5/c1-5-3-6(17)11-12-9(5)8(21-2)4-7(18)10(12)13(16)15(20)14(11)19/h3-4,18-20H,16H2,1-2H3. The molecule has 0 saturated carbocycles. The molecule has 0 aliphatic heterocycles. The van der Waals surface area contributed by atoms with E-state index in [4.69, 9.17) is 10.5 Å². The lowest BCUT2D eigenvalue weighted by Crippen LogP contribution is -2.08. The number of allylic oxidation sites excluding steroid dienone is 2. The van der Waals surface area contributed by atoms with Crippen molar-refractivity contribution in [2.24, 2.45) is 0 Å². The van der Waals surface area contributed by atoms with E-state index in [0.29, 0.717) is 16.9 Å². The molecule has 0 heterocycles. The van der Waals surface area contributed by atoms with Crippen LogP contribution in [0.2, 0.25) is 0 Å². The molecule has 0 unspecified atom stereocenters. The molecule has 0 radical (unpaired) electrons. The minimum atomic E-state index is -0.620. The fourth-order valence-corrected chi connectivity index (χ4v) is 2.78. The summed E-state index contributed by atoms with van der Waals surface area (Å²) in [5.74, 6) is -1.56. The molecule has 3 rings (SSSR count). The van der Waals surface area contributed by atoms with Crippen LogP contribution in [-0.4, -0.2) is 28.2 Å². The minimum absolute atomic E-state index is 0.0912. The second kappa shape index (κ2) is 4.05. The van der Waals surface area contributed by atoms with Crippen molar-refractivity contribution in [1.82, 2.24) is 0 Å². The Morgan fingerprint density at radius 1 is 1.10 bits per heavy atom. The molecule has 0 amide bonds. The third-order valence-electron chi connectivity index (χ3n) is 3.71. The van der Waals surface area contributed by atoms with Crippen molar-refractivity contribution >= 4 is 27.8 Å². The van der Waals surface area contributed by atoms with Gasteiger partial charge in [0, 0.05) is 17.0 Å². The van der Waals surface area contributed by atoms with E-state index in [2.05, 4.69) is 0 Å². The van der Waals surface area contributed by atoms with E-state index in [0.717, 1.165) is 0 Å². The lowest BCUT2D eigenvalue weighted by molar-refractivity contribution is 0.104. The third-order valence-corrected chi connectivity index (χ3v) is 3.71. The number of carbonyl (C=O) groups is 1. The van der Waals surface area contributed by atoms with Crippen molar-refractivity contribution < 1.29 is 24.9 Å². The van der Waals surface area contributed by atoms with Gasteiger partial charge in [0.2, 0.25) is 0 Å². The molecule has 2 aromatic rings. The van der Waals surface area contributed by atoms with Gasteiger partial charge in [0.1, 0.15) is 11.5 Å². The van der Waals surface area contributed by atoms with E-state index in [1.807, 2.05) is 0 Å². The molecular weight excluding hydrogens is 274 g/mol. The Bertz CT molecular complexity index is 851. The Hall–Kier alpha value is -2.89. The first kappa shape index (κ1) is 13.1. The molecule has 0 saturated heterocycles. The first-order chi connectivity index (χ1) is 9.88. The number of nitrogen functional groups attached to an aromatic ring is 1. The highest BCUT2D eigenvalue weighted by Gasteiger charge is 2.30. The summed E-state index contributed by atoms with van der Waals surface area (Å²) in [6.07, 6.45) is 1.34. The van der Waals surface area contributed by atoms with Gasteiger partial charge in [0.05, 0.1) is 23.7 Å². The molecule has 6 heteroatoms. The summed E-state index contributed by atoms with van der Waals surface area (Å²) >= 11 is 0. The molecule has 6 nitrogen and oxygen atoms in total. The van der Waals surface area contributed by atoms with Gasteiger partial charge in [-0.15, -0.1) is 0 Å². The highest BCUT2D eigenvalue weighted by atomic mass is 16.5. The molecule has 0 bridgehead atoms. The van der Waals surface area contributed by atoms with Gasteiger partial charge < -0.3 is 25.8 Å². The van der Waals surface area contributed by atoms with Crippen LogP contribution in [0.4, 0.5) is 5.69 Å². The number of phenols is 3. The number of nitrogens with two attached hydrogens (primary N) is 1. The molecule has 0 aromatic heterocycles. The van der Waals surface area contributed by atoms with Crippen LogP contribution in [0, 0.1) is 0 Å². The van der Waals surface area contributed by atoms with Gasteiger partial charge in [-0.2, -0.15) is 0 Å². The fraction of sp³-hybridized carbons (Fsp3) is 0.133. The summed E-state index contributed by atoms with van der Waals surface area (Å²) in [5, 5.41) is 30.5. The molecule has 0 spiro atoms. The number of hydrogen-bond acceptors (Lipinski definition) is 6. The number of ketones is 1. The highest BCUT2D eigenvalue weighted by Crippen LogP contribution is 2.51. The van der Waals surface area contributed by atoms with Crippen LogP contribution >= 0.6 is 0 Å². The van der Waals surface area contributed by atoms with Crippen LogP contribution in [0.15, 0.2) is 12.1 Å². The van der Waals surface area contributed by atoms with E-state index in [9.17, 15) is 20.1 Å². The number of methoxy groups -OCH3 is 1. The molecular formula is C15H13NO5. The van der Waals surface area contributed by atoms with Crippen molar-refractivity contribution in [2.75, 3.05) is 12.8 Å². The van der Waals surface area contributed by atoms with E-state index in [-0.39, 0.29) is 27.8 Å². The maximum atomic E-state index is 12.2. The predicted octanol–water partition coefficient (Wildman–Crippen LogP) is 2.15. The second-order valence-corrected chi connectivity index (χ2v) is 4.90. The summed E-state index contributed by atoms with van der Waals surface area (Å²) in [6.45, 7) is 1.72. The SMILES string of the molecule is COc1cc(O)c2c(N)c(O)c(O)c3c2c1C(C)=CC3=O.